The van der Waals surface area contributed by atoms with Crippen molar-refractivity contribution in [2.24, 2.45) is 46.3 Å². The standard InChI is InChI=1S/C26H43NO5.H2O4S/c1-15(4-7-22(30)27-14-23(31)32)18-5-6-19-24-20(9-11-26(18,19)3)25(2)10-8-17(28)12-16(25)13-21(24)29;1-5(2,3)4/h15-21,24,28-29H,4-14H2,1-3H3,(H,27,30)(H,31,32);(H2,1,2,3,4)/t15?,16?,17-,18-,19?,20?,21-,24?,25+,26-;/m1./s1. The highest BCUT2D eigenvalue weighted by molar-refractivity contribution is 7.79. The molecule has 0 spiro atoms. The van der Waals surface area contributed by atoms with E-state index in [2.05, 4.69) is 26.1 Å². The summed E-state index contributed by atoms with van der Waals surface area (Å²) in [7, 11) is -4.67. The summed E-state index contributed by atoms with van der Waals surface area (Å²) in [6.07, 6.45) is 9.06. The molecule has 4 aliphatic rings. The second-order valence-corrected chi connectivity index (χ2v) is 13.5. The number of nitrogens with one attached hydrogen (secondary N) is 1. The van der Waals surface area contributed by atoms with Crippen molar-refractivity contribution in [1.82, 2.24) is 5.32 Å². The Bertz CT molecular complexity index is 934. The summed E-state index contributed by atoms with van der Waals surface area (Å²) in [5.41, 5.74) is 0.451. The van der Waals surface area contributed by atoms with Gasteiger partial charge in [0.05, 0.1) is 12.2 Å². The minimum Gasteiger partial charge on any atom is -0.480 e. The molecule has 0 heterocycles. The molecule has 1 amide bonds. The lowest BCUT2D eigenvalue weighted by Gasteiger charge is -2.62. The Morgan fingerprint density at radius 2 is 1.57 bits per heavy atom. The van der Waals surface area contributed by atoms with Gasteiger partial charge in [-0.1, -0.05) is 20.8 Å². The van der Waals surface area contributed by atoms with Crippen molar-refractivity contribution in [3.05, 3.63) is 0 Å². The second kappa shape index (κ2) is 11.5. The number of carboxylic acids is 1. The summed E-state index contributed by atoms with van der Waals surface area (Å²) in [5.74, 6) is 1.66. The van der Waals surface area contributed by atoms with E-state index in [1.807, 2.05) is 0 Å². The summed E-state index contributed by atoms with van der Waals surface area (Å²) in [6, 6.07) is 0. The fourth-order valence-electron chi connectivity index (χ4n) is 9.00. The zero-order valence-corrected chi connectivity index (χ0v) is 23.0. The number of rotatable bonds is 6. The van der Waals surface area contributed by atoms with Crippen LogP contribution in [-0.4, -0.2) is 63.5 Å². The van der Waals surface area contributed by atoms with Crippen LogP contribution < -0.4 is 5.32 Å². The largest absolute Gasteiger partial charge is 0.480 e. The zero-order chi connectivity index (χ0) is 27.8. The van der Waals surface area contributed by atoms with Gasteiger partial charge in [-0.2, -0.15) is 8.42 Å². The summed E-state index contributed by atoms with van der Waals surface area (Å²) in [5, 5.41) is 32.8. The predicted octanol–water partition coefficient (Wildman–Crippen LogP) is 2.94. The first-order valence-corrected chi connectivity index (χ1v) is 15.0. The molecule has 10 nitrogen and oxygen atoms in total. The predicted molar refractivity (Wildman–Crippen MR) is 136 cm³/mol. The zero-order valence-electron chi connectivity index (χ0n) is 22.2. The van der Waals surface area contributed by atoms with E-state index in [1.165, 1.54) is 12.8 Å². The maximum absolute atomic E-state index is 12.0. The summed E-state index contributed by atoms with van der Waals surface area (Å²) in [6.45, 7) is 6.83. The maximum atomic E-state index is 12.0. The van der Waals surface area contributed by atoms with Crippen LogP contribution in [0.5, 0.6) is 0 Å². The number of carbonyl (C=O) groups is 2. The minimum atomic E-state index is -4.67. The highest BCUT2D eigenvalue weighted by Gasteiger charge is 2.62. The molecule has 0 bridgehead atoms. The van der Waals surface area contributed by atoms with Crippen LogP contribution in [0.15, 0.2) is 0 Å². The molecule has 5 unspecified atom stereocenters. The fourth-order valence-corrected chi connectivity index (χ4v) is 9.00. The lowest BCUT2D eigenvalue weighted by Crippen LogP contribution is -2.58. The van der Waals surface area contributed by atoms with Crippen molar-refractivity contribution in [3.63, 3.8) is 0 Å². The molecule has 214 valence electrons. The van der Waals surface area contributed by atoms with Crippen LogP contribution in [0.2, 0.25) is 0 Å². The number of aliphatic hydroxyl groups excluding tert-OH is 2. The van der Waals surface area contributed by atoms with Crippen molar-refractivity contribution in [2.75, 3.05) is 6.54 Å². The Kier molecular flexibility index (Phi) is 9.37. The highest BCUT2D eigenvalue weighted by atomic mass is 32.3. The van der Waals surface area contributed by atoms with Gasteiger partial charge < -0.3 is 20.6 Å². The lowest BCUT2D eigenvalue weighted by atomic mass is 9.43. The average molecular weight is 548 g/mol. The van der Waals surface area contributed by atoms with Gasteiger partial charge in [-0.05, 0) is 104 Å². The van der Waals surface area contributed by atoms with Crippen molar-refractivity contribution < 1.29 is 42.4 Å². The molecule has 0 aromatic rings. The topological polar surface area (TPSA) is 181 Å². The van der Waals surface area contributed by atoms with E-state index >= 15 is 0 Å². The SMILES string of the molecule is CC(CCC(=O)NCC(=O)O)[C@H]1CCC2C3C(CC[C@@]21C)[C@@]1(C)CC[C@@H](O)CC1C[C@H]3O.O=S(=O)(O)O. The number of carboxylic acid groups (broad SMARTS) is 1. The third-order valence-electron chi connectivity index (χ3n) is 10.7. The first kappa shape index (κ1) is 30.3. The molecule has 10 atom stereocenters. The number of hydrogen-bond acceptors (Lipinski definition) is 6. The fraction of sp³-hybridized carbons (Fsp3) is 0.923. The van der Waals surface area contributed by atoms with E-state index in [-0.39, 0.29) is 35.5 Å². The number of aliphatic carboxylic acids is 1. The molecule has 6 N–H and O–H groups in total. The number of amides is 1. The van der Waals surface area contributed by atoms with Gasteiger partial charge >= 0.3 is 16.4 Å². The Morgan fingerprint density at radius 1 is 0.973 bits per heavy atom. The minimum absolute atomic E-state index is 0.177. The Balaban J connectivity index is 0.000000695. The van der Waals surface area contributed by atoms with Gasteiger partial charge in [-0.25, -0.2) is 0 Å². The van der Waals surface area contributed by atoms with E-state index in [0.717, 1.165) is 44.9 Å². The van der Waals surface area contributed by atoms with Crippen LogP contribution in [-0.2, 0) is 20.0 Å². The van der Waals surface area contributed by atoms with E-state index < -0.39 is 16.4 Å². The second-order valence-electron chi connectivity index (χ2n) is 12.6. The summed E-state index contributed by atoms with van der Waals surface area (Å²) >= 11 is 0. The lowest BCUT2D eigenvalue weighted by molar-refractivity contribution is -0.174. The van der Waals surface area contributed by atoms with Gasteiger partial charge in [-0.15, -0.1) is 0 Å². The Morgan fingerprint density at radius 3 is 2.19 bits per heavy atom. The molecule has 37 heavy (non-hydrogen) atoms. The van der Waals surface area contributed by atoms with Crippen LogP contribution in [0, 0.1) is 46.3 Å². The van der Waals surface area contributed by atoms with E-state index in [0.29, 0.717) is 41.9 Å². The van der Waals surface area contributed by atoms with Crippen molar-refractivity contribution in [1.29, 1.82) is 0 Å². The van der Waals surface area contributed by atoms with Gasteiger partial charge in [0.15, 0.2) is 0 Å². The number of carbonyl (C=O) groups excluding carboxylic acids is 1. The van der Waals surface area contributed by atoms with E-state index in [1.54, 1.807) is 0 Å². The van der Waals surface area contributed by atoms with Crippen molar-refractivity contribution in [3.8, 4) is 0 Å². The van der Waals surface area contributed by atoms with E-state index in [9.17, 15) is 19.8 Å². The molecule has 0 saturated heterocycles. The van der Waals surface area contributed by atoms with Gasteiger partial charge in [0.2, 0.25) is 5.91 Å². The third kappa shape index (κ3) is 6.84. The van der Waals surface area contributed by atoms with Crippen LogP contribution in [0.25, 0.3) is 0 Å². The summed E-state index contributed by atoms with van der Waals surface area (Å²) in [4.78, 5) is 22.7. The number of fused-ring (bicyclic) bond motifs is 5. The van der Waals surface area contributed by atoms with E-state index in [4.69, 9.17) is 22.6 Å². The monoisotopic (exact) mass is 547 g/mol. The van der Waals surface area contributed by atoms with Crippen LogP contribution in [0.4, 0.5) is 0 Å². The molecule has 4 aliphatic carbocycles. The van der Waals surface area contributed by atoms with Gasteiger partial charge in [0.1, 0.15) is 6.54 Å². The van der Waals surface area contributed by atoms with Crippen molar-refractivity contribution in [2.45, 2.75) is 97.2 Å². The molecule has 11 heteroatoms. The number of aliphatic hydroxyl groups is 2. The van der Waals surface area contributed by atoms with Crippen LogP contribution in [0.1, 0.15) is 85.0 Å². The Labute approximate surface area is 220 Å². The summed E-state index contributed by atoms with van der Waals surface area (Å²) < 4.78 is 31.6. The molecular weight excluding hydrogens is 502 g/mol. The van der Waals surface area contributed by atoms with Gasteiger partial charge in [0, 0.05) is 6.42 Å². The quantitative estimate of drug-likeness (QED) is 0.272. The molecule has 4 saturated carbocycles. The smallest absolute Gasteiger partial charge is 0.394 e. The van der Waals surface area contributed by atoms with Crippen molar-refractivity contribution >= 4 is 22.3 Å². The van der Waals surface area contributed by atoms with Crippen LogP contribution in [0.3, 0.4) is 0 Å². The highest BCUT2D eigenvalue weighted by Crippen LogP contribution is 2.68. The van der Waals surface area contributed by atoms with Gasteiger partial charge in [0.25, 0.3) is 0 Å². The molecule has 0 radical (unpaired) electrons. The molecule has 4 fully saturated rings. The normalized spacial score (nSPS) is 41.8. The molecule has 0 aromatic heterocycles. The maximum Gasteiger partial charge on any atom is 0.394 e. The van der Waals surface area contributed by atoms with Crippen LogP contribution >= 0.6 is 0 Å². The molecular formula is C26H45NO9S. The molecule has 0 aromatic carbocycles. The third-order valence-corrected chi connectivity index (χ3v) is 10.7. The molecule has 0 aliphatic heterocycles. The first-order valence-electron chi connectivity index (χ1n) is 13.6. The van der Waals surface area contributed by atoms with Gasteiger partial charge in [-0.3, -0.25) is 18.7 Å². The molecule has 4 rings (SSSR count). The Hall–Kier alpha value is -1.27. The number of hydrogen-bond donors (Lipinski definition) is 6. The average Bonchev–Trinajstić information content (AvgIpc) is 3.13. The first-order chi connectivity index (χ1) is 17.1.